The van der Waals surface area contributed by atoms with Crippen molar-refractivity contribution < 1.29 is 23.9 Å². The van der Waals surface area contributed by atoms with Crippen molar-refractivity contribution >= 4 is 41.0 Å². The van der Waals surface area contributed by atoms with Crippen molar-refractivity contribution in [2.75, 3.05) is 30.8 Å². The average molecular weight is 441 g/mol. The summed E-state index contributed by atoms with van der Waals surface area (Å²) < 4.78 is 5.22. The summed E-state index contributed by atoms with van der Waals surface area (Å²) in [5, 5.41) is 2.62. The van der Waals surface area contributed by atoms with Gasteiger partial charge in [0.05, 0.1) is 11.3 Å². The zero-order valence-corrected chi connectivity index (χ0v) is 18.1. The summed E-state index contributed by atoms with van der Waals surface area (Å²) in [5.74, 6) is -0.851. The molecule has 1 N–H and O–H groups in total. The number of thioether (sulfide) groups is 1. The molecule has 0 radical (unpaired) electrons. The van der Waals surface area contributed by atoms with Gasteiger partial charge in [-0.05, 0) is 49.2 Å². The molecule has 0 spiro atoms. The van der Waals surface area contributed by atoms with E-state index in [1.807, 2.05) is 4.90 Å². The fraction of sp³-hybridized carbons (Fsp3) is 0.304. The fourth-order valence-electron chi connectivity index (χ4n) is 3.19. The van der Waals surface area contributed by atoms with Crippen LogP contribution in [0.1, 0.15) is 40.5 Å². The summed E-state index contributed by atoms with van der Waals surface area (Å²) in [6, 6.07) is 13.2. The molecule has 0 aliphatic carbocycles. The van der Waals surface area contributed by atoms with Gasteiger partial charge in [-0.25, -0.2) is 4.79 Å². The molecular formula is C23H24N2O5S. The highest BCUT2D eigenvalue weighted by Gasteiger charge is 2.20. The van der Waals surface area contributed by atoms with Crippen molar-refractivity contribution in [1.82, 2.24) is 4.90 Å². The maximum absolute atomic E-state index is 12.5. The maximum Gasteiger partial charge on any atom is 0.339 e. The summed E-state index contributed by atoms with van der Waals surface area (Å²) >= 11 is 1.30. The predicted molar refractivity (Wildman–Crippen MR) is 118 cm³/mol. The van der Waals surface area contributed by atoms with Crippen LogP contribution in [0.25, 0.3) is 0 Å². The van der Waals surface area contributed by atoms with Gasteiger partial charge in [0.2, 0.25) is 11.8 Å². The van der Waals surface area contributed by atoms with Crippen LogP contribution in [0.2, 0.25) is 0 Å². The minimum Gasteiger partial charge on any atom is -0.454 e. The van der Waals surface area contributed by atoms with E-state index in [1.54, 1.807) is 48.5 Å². The molecule has 2 aromatic rings. The molecule has 0 aromatic heterocycles. The lowest BCUT2D eigenvalue weighted by Gasteiger charge is -2.15. The molecule has 1 fully saturated rings. The van der Waals surface area contributed by atoms with Crippen LogP contribution in [-0.2, 0) is 14.3 Å². The van der Waals surface area contributed by atoms with Crippen molar-refractivity contribution in [3.63, 3.8) is 0 Å². The molecule has 7 nitrogen and oxygen atoms in total. The Morgan fingerprint density at radius 1 is 1.00 bits per heavy atom. The van der Waals surface area contributed by atoms with Gasteiger partial charge >= 0.3 is 5.97 Å². The molecule has 3 rings (SSSR count). The quantitative estimate of drug-likeness (QED) is 0.384. The van der Waals surface area contributed by atoms with Crippen LogP contribution in [0.5, 0.6) is 0 Å². The summed E-state index contributed by atoms with van der Waals surface area (Å²) in [7, 11) is 0. The van der Waals surface area contributed by atoms with E-state index in [-0.39, 0.29) is 23.4 Å². The Morgan fingerprint density at radius 3 is 2.35 bits per heavy atom. The van der Waals surface area contributed by atoms with Crippen molar-refractivity contribution in [2.24, 2.45) is 0 Å². The van der Waals surface area contributed by atoms with Gasteiger partial charge in [0.1, 0.15) is 0 Å². The van der Waals surface area contributed by atoms with E-state index < -0.39 is 12.6 Å². The smallest absolute Gasteiger partial charge is 0.339 e. The number of hydrogen-bond donors (Lipinski definition) is 1. The van der Waals surface area contributed by atoms with Gasteiger partial charge in [-0.1, -0.05) is 12.1 Å². The number of Topliss-reactive ketones (excluding diaryl/α,β-unsaturated/α-hetero) is 1. The zero-order chi connectivity index (χ0) is 22.2. The van der Waals surface area contributed by atoms with E-state index in [9.17, 15) is 19.2 Å². The Bertz CT molecular complexity index is 968. The number of likely N-dealkylation sites (tertiary alicyclic amines) is 1. The normalized spacial score (nSPS) is 13.0. The molecule has 1 aliphatic heterocycles. The Hall–Kier alpha value is -3.13. The van der Waals surface area contributed by atoms with Crippen LogP contribution in [0.3, 0.4) is 0 Å². The summed E-state index contributed by atoms with van der Waals surface area (Å²) in [4.78, 5) is 50.7. The highest BCUT2D eigenvalue weighted by Crippen LogP contribution is 2.24. The largest absolute Gasteiger partial charge is 0.454 e. The second-order valence-electron chi connectivity index (χ2n) is 7.13. The van der Waals surface area contributed by atoms with Gasteiger partial charge in [-0.2, -0.15) is 0 Å². The standard InChI is InChI=1S/C23H24N2O5S/c1-16(26)24-18-10-8-17(9-11-18)20(27)14-30-23(29)19-6-2-3-7-21(19)31-15-22(28)25-12-4-5-13-25/h2-3,6-11H,4-5,12-15H2,1H3,(H,24,26). The number of carbonyl (C=O) groups is 4. The lowest BCUT2D eigenvalue weighted by atomic mass is 10.1. The number of nitrogens with one attached hydrogen (secondary N) is 1. The van der Waals surface area contributed by atoms with Crippen LogP contribution in [0, 0.1) is 0 Å². The number of ketones is 1. The van der Waals surface area contributed by atoms with Crippen molar-refractivity contribution in [3.8, 4) is 0 Å². The third-order valence-corrected chi connectivity index (χ3v) is 5.84. The molecule has 0 atom stereocenters. The number of hydrogen-bond acceptors (Lipinski definition) is 6. The highest BCUT2D eigenvalue weighted by molar-refractivity contribution is 8.00. The second-order valence-corrected chi connectivity index (χ2v) is 8.15. The number of rotatable bonds is 8. The van der Waals surface area contributed by atoms with E-state index in [0.29, 0.717) is 21.7 Å². The molecule has 2 aromatic carbocycles. The number of nitrogens with zero attached hydrogens (tertiary/aromatic N) is 1. The van der Waals surface area contributed by atoms with Gasteiger partial charge < -0.3 is 15.0 Å². The average Bonchev–Trinajstić information content (AvgIpc) is 3.31. The van der Waals surface area contributed by atoms with E-state index in [2.05, 4.69) is 5.32 Å². The zero-order valence-electron chi connectivity index (χ0n) is 17.3. The molecule has 162 valence electrons. The molecule has 8 heteroatoms. The van der Waals surface area contributed by atoms with Crippen LogP contribution >= 0.6 is 11.8 Å². The first-order chi connectivity index (χ1) is 14.9. The molecule has 0 unspecified atom stereocenters. The Balaban J connectivity index is 1.55. The SMILES string of the molecule is CC(=O)Nc1ccc(C(=O)COC(=O)c2ccccc2SCC(=O)N2CCCC2)cc1. The van der Waals surface area contributed by atoms with Crippen molar-refractivity contribution in [2.45, 2.75) is 24.7 Å². The van der Waals surface area contributed by atoms with Gasteiger partial charge in [-0.15, -0.1) is 11.8 Å². The molecule has 2 amide bonds. The molecule has 31 heavy (non-hydrogen) atoms. The van der Waals surface area contributed by atoms with Crippen LogP contribution in [0.4, 0.5) is 5.69 Å². The molecular weight excluding hydrogens is 416 g/mol. The monoisotopic (exact) mass is 440 g/mol. The predicted octanol–water partition coefficient (Wildman–Crippen LogP) is 3.40. The minimum atomic E-state index is -0.611. The molecule has 0 bridgehead atoms. The number of carbonyl (C=O) groups excluding carboxylic acids is 4. The molecule has 1 saturated heterocycles. The van der Waals surface area contributed by atoms with Crippen molar-refractivity contribution in [1.29, 1.82) is 0 Å². The highest BCUT2D eigenvalue weighted by atomic mass is 32.2. The topological polar surface area (TPSA) is 92.8 Å². The second kappa shape index (κ2) is 10.8. The first-order valence-corrected chi connectivity index (χ1v) is 11.0. The summed E-state index contributed by atoms with van der Waals surface area (Å²) in [6.07, 6.45) is 2.06. The third-order valence-electron chi connectivity index (χ3n) is 4.78. The maximum atomic E-state index is 12.5. The van der Waals surface area contributed by atoms with E-state index >= 15 is 0 Å². The third kappa shape index (κ3) is 6.42. The van der Waals surface area contributed by atoms with E-state index in [4.69, 9.17) is 4.74 Å². The van der Waals surface area contributed by atoms with Gasteiger partial charge in [0.15, 0.2) is 12.4 Å². The summed E-state index contributed by atoms with van der Waals surface area (Å²) in [5.41, 5.74) is 1.28. The van der Waals surface area contributed by atoms with E-state index in [0.717, 1.165) is 25.9 Å². The van der Waals surface area contributed by atoms with Gasteiger partial charge in [0.25, 0.3) is 0 Å². The number of amides is 2. The van der Waals surface area contributed by atoms with Crippen LogP contribution in [-0.4, -0.2) is 53.9 Å². The lowest BCUT2D eigenvalue weighted by molar-refractivity contribution is -0.127. The van der Waals surface area contributed by atoms with Crippen LogP contribution < -0.4 is 5.32 Å². The number of benzene rings is 2. The Kier molecular flexibility index (Phi) is 7.83. The number of ether oxygens (including phenoxy) is 1. The van der Waals surface area contributed by atoms with Crippen molar-refractivity contribution in [3.05, 3.63) is 59.7 Å². The first kappa shape index (κ1) is 22.6. The van der Waals surface area contributed by atoms with Gasteiger partial charge in [-0.3, -0.25) is 14.4 Å². The molecule has 1 heterocycles. The number of esters is 1. The molecule has 0 saturated carbocycles. The Labute approximate surface area is 185 Å². The summed E-state index contributed by atoms with van der Waals surface area (Å²) in [6.45, 7) is 2.58. The van der Waals surface area contributed by atoms with E-state index in [1.165, 1.54) is 18.7 Å². The first-order valence-electron chi connectivity index (χ1n) is 10.0. The van der Waals surface area contributed by atoms with Gasteiger partial charge in [0, 0.05) is 36.2 Å². The fourth-order valence-corrected chi connectivity index (χ4v) is 4.14. The van der Waals surface area contributed by atoms with Crippen LogP contribution in [0.15, 0.2) is 53.4 Å². The minimum absolute atomic E-state index is 0.0588. The number of anilines is 1. The Morgan fingerprint density at radius 2 is 1.68 bits per heavy atom. The molecule has 1 aliphatic rings. The lowest BCUT2D eigenvalue weighted by Crippen LogP contribution is -2.29.